The highest BCUT2D eigenvalue weighted by molar-refractivity contribution is 5.77. The molecule has 2 aliphatic rings. The van der Waals surface area contributed by atoms with Crippen molar-refractivity contribution in [2.24, 2.45) is 0 Å². The van der Waals surface area contributed by atoms with Gasteiger partial charge in [-0.05, 0) is 30.9 Å². The van der Waals surface area contributed by atoms with Crippen LogP contribution in [0.3, 0.4) is 0 Å². The van der Waals surface area contributed by atoms with Crippen molar-refractivity contribution in [2.45, 2.75) is 57.9 Å². The van der Waals surface area contributed by atoms with Gasteiger partial charge in [-0.3, -0.25) is 14.0 Å². The zero-order valence-electron chi connectivity index (χ0n) is 16.4. The van der Waals surface area contributed by atoms with Crippen LogP contribution in [0.25, 0.3) is 0 Å². The number of fused-ring (bicyclic) bond motifs is 3. The lowest BCUT2D eigenvalue weighted by Gasteiger charge is -2.28. The van der Waals surface area contributed by atoms with Gasteiger partial charge < -0.3 is 4.90 Å². The van der Waals surface area contributed by atoms with E-state index >= 15 is 0 Å². The molecule has 0 spiro atoms. The van der Waals surface area contributed by atoms with E-state index in [1.165, 1.54) is 0 Å². The lowest BCUT2D eigenvalue weighted by Crippen LogP contribution is -2.44. The molecule has 150 valence electrons. The van der Waals surface area contributed by atoms with Gasteiger partial charge in [-0.25, -0.2) is 9.48 Å². The summed E-state index contributed by atoms with van der Waals surface area (Å²) >= 11 is 0. The van der Waals surface area contributed by atoms with E-state index in [0.717, 1.165) is 29.8 Å². The number of amides is 1. The van der Waals surface area contributed by atoms with Crippen LogP contribution in [0.4, 0.5) is 0 Å². The molecule has 1 fully saturated rings. The summed E-state index contributed by atoms with van der Waals surface area (Å²) in [5.41, 5.74) is 2.00. The third-order valence-corrected chi connectivity index (χ3v) is 5.95. The number of rotatable bonds is 4. The minimum Gasteiger partial charge on any atom is -0.333 e. The topological polar surface area (TPSA) is 78.0 Å². The Labute approximate surface area is 168 Å². The summed E-state index contributed by atoms with van der Waals surface area (Å²) in [6.07, 6.45) is 6.13. The standard InChI is InChI=1S/C21H24N6O2/c1-15-10-22-24(11-15)14-20(28)27-17-7-8-18(27)13-25-19(9-17)23-26(21(25)29)12-16-5-3-2-4-6-16/h2-6,10-11,17-18H,7-9,12-14H2,1H3. The molecule has 4 heterocycles. The van der Waals surface area contributed by atoms with Crippen LogP contribution in [-0.2, 0) is 30.8 Å². The van der Waals surface area contributed by atoms with Gasteiger partial charge >= 0.3 is 5.69 Å². The maximum atomic E-state index is 13.0. The highest BCUT2D eigenvalue weighted by Crippen LogP contribution is 2.30. The van der Waals surface area contributed by atoms with E-state index in [1.54, 1.807) is 20.1 Å². The molecule has 1 saturated heterocycles. The Morgan fingerprint density at radius 2 is 1.97 bits per heavy atom. The predicted molar refractivity (Wildman–Crippen MR) is 106 cm³/mol. The maximum Gasteiger partial charge on any atom is 0.346 e. The Balaban J connectivity index is 1.38. The number of nitrogens with zero attached hydrogens (tertiary/aromatic N) is 6. The molecular weight excluding hydrogens is 368 g/mol. The minimum atomic E-state index is -0.0912. The smallest absolute Gasteiger partial charge is 0.333 e. The first-order valence-electron chi connectivity index (χ1n) is 10.1. The highest BCUT2D eigenvalue weighted by Gasteiger charge is 2.41. The van der Waals surface area contributed by atoms with E-state index in [1.807, 2.05) is 48.4 Å². The fourth-order valence-corrected chi connectivity index (χ4v) is 4.62. The van der Waals surface area contributed by atoms with Crippen LogP contribution in [0, 0.1) is 6.92 Å². The Kier molecular flexibility index (Phi) is 4.34. The number of hydrogen-bond acceptors (Lipinski definition) is 4. The summed E-state index contributed by atoms with van der Waals surface area (Å²) in [6, 6.07) is 10.0. The summed E-state index contributed by atoms with van der Waals surface area (Å²) in [5, 5.41) is 8.85. The van der Waals surface area contributed by atoms with E-state index < -0.39 is 0 Å². The van der Waals surface area contributed by atoms with Crippen molar-refractivity contribution in [3.8, 4) is 0 Å². The van der Waals surface area contributed by atoms with Gasteiger partial charge in [0.25, 0.3) is 0 Å². The van der Waals surface area contributed by atoms with Gasteiger partial charge in [-0.1, -0.05) is 30.3 Å². The van der Waals surface area contributed by atoms with Crippen molar-refractivity contribution in [1.29, 1.82) is 0 Å². The van der Waals surface area contributed by atoms with Crippen molar-refractivity contribution in [2.75, 3.05) is 0 Å². The van der Waals surface area contributed by atoms with Crippen molar-refractivity contribution < 1.29 is 4.79 Å². The average Bonchev–Trinajstić information content (AvgIpc) is 3.33. The second-order valence-electron chi connectivity index (χ2n) is 8.06. The second kappa shape index (κ2) is 7.02. The molecule has 0 N–H and O–H groups in total. The first-order valence-corrected chi connectivity index (χ1v) is 10.1. The first-order chi connectivity index (χ1) is 14.1. The molecule has 0 aliphatic carbocycles. The van der Waals surface area contributed by atoms with Crippen LogP contribution >= 0.6 is 0 Å². The van der Waals surface area contributed by atoms with Crippen LogP contribution in [0.15, 0.2) is 47.5 Å². The molecule has 3 aromatic rings. The van der Waals surface area contributed by atoms with Gasteiger partial charge in [-0.15, -0.1) is 0 Å². The summed E-state index contributed by atoms with van der Waals surface area (Å²) in [5.74, 6) is 0.849. The molecule has 29 heavy (non-hydrogen) atoms. The van der Waals surface area contributed by atoms with E-state index in [2.05, 4.69) is 10.2 Å². The summed E-state index contributed by atoms with van der Waals surface area (Å²) < 4.78 is 5.01. The van der Waals surface area contributed by atoms with Gasteiger partial charge in [0, 0.05) is 25.2 Å². The van der Waals surface area contributed by atoms with Gasteiger partial charge in [0.05, 0.1) is 18.8 Å². The third-order valence-electron chi connectivity index (χ3n) is 5.95. The van der Waals surface area contributed by atoms with Crippen LogP contribution in [0.5, 0.6) is 0 Å². The number of aromatic nitrogens is 5. The van der Waals surface area contributed by atoms with Crippen molar-refractivity contribution in [3.63, 3.8) is 0 Å². The third kappa shape index (κ3) is 3.28. The van der Waals surface area contributed by atoms with Crippen LogP contribution < -0.4 is 5.69 Å². The van der Waals surface area contributed by atoms with E-state index in [-0.39, 0.29) is 30.2 Å². The van der Waals surface area contributed by atoms with Crippen LogP contribution in [-0.4, -0.2) is 47.0 Å². The zero-order valence-corrected chi connectivity index (χ0v) is 16.4. The highest BCUT2D eigenvalue weighted by atomic mass is 16.2. The van der Waals surface area contributed by atoms with Gasteiger partial charge in [0.15, 0.2) is 0 Å². The molecular formula is C21H24N6O2. The number of aryl methyl sites for hydroxylation is 1. The molecule has 0 radical (unpaired) electrons. The quantitative estimate of drug-likeness (QED) is 0.669. The van der Waals surface area contributed by atoms with E-state index in [9.17, 15) is 9.59 Å². The largest absolute Gasteiger partial charge is 0.346 e. The Morgan fingerprint density at radius 3 is 2.72 bits per heavy atom. The second-order valence-corrected chi connectivity index (χ2v) is 8.06. The first kappa shape index (κ1) is 17.9. The van der Waals surface area contributed by atoms with Gasteiger partial charge in [-0.2, -0.15) is 10.2 Å². The SMILES string of the molecule is Cc1cnn(CC(=O)N2C3CCC2Cn2c(nn(Cc4ccccc4)c2=O)C3)c1. The molecule has 1 aromatic carbocycles. The normalized spacial score (nSPS) is 20.5. The fraction of sp³-hybridized carbons (Fsp3) is 0.429. The van der Waals surface area contributed by atoms with E-state index in [4.69, 9.17) is 0 Å². The van der Waals surface area contributed by atoms with Crippen molar-refractivity contribution in [3.05, 3.63) is 70.2 Å². The van der Waals surface area contributed by atoms with Gasteiger partial charge in [0.2, 0.25) is 5.91 Å². The maximum absolute atomic E-state index is 13.0. The minimum absolute atomic E-state index is 0.0393. The van der Waals surface area contributed by atoms with Crippen molar-refractivity contribution in [1.82, 2.24) is 29.0 Å². The molecule has 2 atom stereocenters. The number of hydrogen-bond donors (Lipinski definition) is 0. The van der Waals surface area contributed by atoms with E-state index in [0.29, 0.717) is 19.5 Å². The monoisotopic (exact) mass is 392 g/mol. The zero-order chi connectivity index (χ0) is 20.0. The molecule has 0 saturated carbocycles. The molecule has 2 aliphatic heterocycles. The summed E-state index contributed by atoms with van der Waals surface area (Å²) in [6.45, 7) is 3.18. The molecule has 5 rings (SSSR count). The van der Waals surface area contributed by atoms with Crippen LogP contribution in [0.1, 0.15) is 29.8 Å². The lowest BCUT2D eigenvalue weighted by molar-refractivity contribution is -0.135. The molecule has 2 bridgehead atoms. The number of carbonyl (C=O) groups is 1. The predicted octanol–water partition coefficient (Wildman–Crippen LogP) is 1.21. The molecule has 8 nitrogen and oxygen atoms in total. The Bertz CT molecular complexity index is 1100. The van der Waals surface area contributed by atoms with Crippen LogP contribution in [0.2, 0.25) is 0 Å². The molecule has 2 unspecified atom stereocenters. The Morgan fingerprint density at radius 1 is 1.17 bits per heavy atom. The fourth-order valence-electron chi connectivity index (χ4n) is 4.62. The molecule has 1 amide bonds. The van der Waals surface area contributed by atoms with Gasteiger partial charge in [0.1, 0.15) is 12.4 Å². The molecule has 2 aromatic heterocycles. The summed E-state index contributed by atoms with van der Waals surface area (Å²) in [7, 11) is 0. The average molecular weight is 392 g/mol. The number of benzene rings is 1. The molecule has 8 heteroatoms. The number of carbonyl (C=O) groups excluding carboxylic acids is 1. The van der Waals surface area contributed by atoms with Crippen molar-refractivity contribution >= 4 is 5.91 Å². The lowest BCUT2D eigenvalue weighted by atomic mass is 10.1. The Hall–Kier alpha value is -3.16. The summed E-state index contributed by atoms with van der Waals surface area (Å²) in [4.78, 5) is 28.0.